The van der Waals surface area contributed by atoms with E-state index in [4.69, 9.17) is 4.74 Å². The lowest BCUT2D eigenvalue weighted by molar-refractivity contribution is 0.0601. The molecule has 1 fully saturated rings. The Bertz CT molecular complexity index is 985. The molecule has 1 aromatic heterocycles. The van der Waals surface area contributed by atoms with E-state index in [1.165, 1.54) is 25.6 Å². The number of anilines is 5. The highest BCUT2D eigenvalue weighted by Gasteiger charge is 2.12. The van der Waals surface area contributed by atoms with Crippen LogP contribution in [0.3, 0.4) is 0 Å². The third-order valence-electron chi connectivity index (χ3n) is 4.81. The van der Waals surface area contributed by atoms with Gasteiger partial charge < -0.3 is 20.3 Å². The van der Waals surface area contributed by atoms with Crippen LogP contribution in [0.15, 0.2) is 60.8 Å². The molecule has 7 heteroatoms. The van der Waals surface area contributed by atoms with Gasteiger partial charge in [0, 0.05) is 36.3 Å². The molecule has 0 atom stereocenters. The number of carbonyl (C=O) groups is 1. The smallest absolute Gasteiger partial charge is 0.337 e. The van der Waals surface area contributed by atoms with E-state index in [9.17, 15) is 4.79 Å². The molecular formula is C22H23N5O2. The van der Waals surface area contributed by atoms with Crippen molar-refractivity contribution in [3.63, 3.8) is 0 Å². The van der Waals surface area contributed by atoms with Gasteiger partial charge in [-0.15, -0.1) is 0 Å². The monoisotopic (exact) mass is 389 g/mol. The molecule has 29 heavy (non-hydrogen) atoms. The maximum atomic E-state index is 11.7. The van der Waals surface area contributed by atoms with Crippen molar-refractivity contribution in [2.45, 2.75) is 12.8 Å². The first-order valence-corrected chi connectivity index (χ1v) is 9.62. The fraction of sp³-hybridized carbons (Fsp3) is 0.227. The fourth-order valence-corrected chi connectivity index (χ4v) is 3.34. The summed E-state index contributed by atoms with van der Waals surface area (Å²) < 4.78 is 4.76. The number of esters is 1. The van der Waals surface area contributed by atoms with Crippen LogP contribution >= 0.6 is 0 Å². The normalized spacial score (nSPS) is 13.2. The number of benzene rings is 2. The maximum absolute atomic E-state index is 11.7. The number of carbonyl (C=O) groups excluding carboxylic acids is 1. The summed E-state index contributed by atoms with van der Waals surface area (Å²) in [7, 11) is 1.36. The lowest BCUT2D eigenvalue weighted by atomic mass is 10.2. The van der Waals surface area contributed by atoms with Crippen molar-refractivity contribution >= 4 is 34.8 Å². The molecule has 0 spiro atoms. The molecular weight excluding hydrogens is 366 g/mol. The summed E-state index contributed by atoms with van der Waals surface area (Å²) >= 11 is 0. The van der Waals surface area contributed by atoms with E-state index in [-0.39, 0.29) is 5.97 Å². The molecule has 2 heterocycles. The lowest BCUT2D eigenvalue weighted by Gasteiger charge is -2.18. The van der Waals surface area contributed by atoms with Gasteiger partial charge in [-0.05, 0) is 61.4 Å². The average Bonchev–Trinajstić information content (AvgIpc) is 3.29. The zero-order valence-corrected chi connectivity index (χ0v) is 16.3. The molecule has 4 rings (SSSR count). The van der Waals surface area contributed by atoms with Gasteiger partial charge in [-0.2, -0.15) is 4.98 Å². The molecule has 148 valence electrons. The Morgan fingerprint density at radius 1 is 1.00 bits per heavy atom. The number of methoxy groups -OCH3 is 1. The molecule has 0 aliphatic carbocycles. The first kappa shape index (κ1) is 18.7. The number of rotatable bonds is 6. The van der Waals surface area contributed by atoms with E-state index >= 15 is 0 Å². The Kier molecular flexibility index (Phi) is 5.56. The zero-order valence-electron chi connectivity index (χ0n) is 16.3. The number of hydrogen-bond acceptors (Lipinski definition) is 7. The van der Waals surface area contributed by atoms with E-state index < -0.39 is 0 Å². The Morgan fingerprint density at radius 3 is 2.55 bits per heavy atom. The van der Waals surface area contributed by atoms with Crippen molar-refractivity contribution in [1.82, 2.24) is 9.97 Å². The van der Waals surface area contributed by atoms with Crippen LogP contribution in [0.2, 0.25) is 0 Å². The summed E-state index contributed by atoms with van der Waals surface area (Å²) in [6.07, 6.45) is 4.21. The van der Waals surface area contributed by atoms with Gasteiger partial charge in [-0.25, -0.2) is 9.78 Å². The van der Waals surface area contributed by atoms with Crippen molar-refractivity contribution < 1.29 is 9.53 Å². The molecule has 7 nitrogen and oxygen atoms in total. The van der Waals surface area contributed by atoms with Gasteiger partial charge in [-0.3, -0.25) is 0 Å². The second-order valence-electron chi connectivity index (χ2n) is 6.83. The standard InChI is InChI=1S/C22H23N5O2/c1-29-21(28)16-5-4-6-18(15-16)25-22-23-12-11-20(26-22)24-17-7-9-19(10-8-17)27-13-2-3-14-27/h4-12,15H,2-3,13-14H2,1H3,(H2,23,24,25,26). The lowest BCUT2D eigenvalue weighted by Crippen LogP contribution is -2.17. The number of nitrogens with zero attached hydrogens (tertiary/aromatic N) is 3. The minimum Gasteiger partial charge on any atom is -0.465 e. The zero-order chi connectivity index (χ0) is 20.1. The summed E-state index contributed by atoms with van der Waals surface area (Å²) in [5.74, 6) is 0.730. The first-order valence-electron chi connectivity index (χ1n) is 9.62. The van der Waals surface area contributed by atoms with Crippen molar-refractivity contribution in [3.05, 3.63) is 66.4 Å². The molecule has 1 aliphatic rings. The highest BCUT2D eigenvalue weighted by Crippen LogP contribution is 2.24. The predicted molar refractivity (Wildman–Crippen MR) is 114 cm³/mol. The van der Waals surface area contributed by atoms with Gasteiger partial charge in [0.1, 0.15) is 5.82 Å². The second-order valence-corrected chi connectivity index (χ2v) is 6.83. The number of hydrogen-bond donors (Lipinski definition) is 2. The van der Waals surface area contributed by atoms with Crippen LogP contribution in [0, 0.1) is 0 Å². The minimum absolute atomic E-state index is 0.387. The van der Waals surface area contributed by atoms with E-state index in [2.05, 4.69) is 49.8 Å². The van der Waals surface area contributed by atoms with Gasteiger partial charge in [0.05, 0.1) is 12.7 Å². The molecule has 1 saturated heterocycles. The molecule has 0 bridgehead atoms. The van der Waals surface area contributed by atoms with E-state index in [0.29, 0.717) is 23.0 Å². The molecule has 0 saturated carbocycles. The van der Waals surface area contributed by atoms with Gasteiger partial charge in [0.2, 0.25) is 5.95 Å². The van der Waals surface area contributed by atoms with Crippen LogP contribution in [-0.4, -0.2) is 36.1 Å². The topological polar surface area (TPSA) is 79.4 Å². The number of ether oxygens (including phenoxy) is 1. The SMILES string of the molecule is COC(=O)c1cccc(Nc2nccc(Nc3ccc(N4CCCC4)cc3)n2)c1. The Hall–Kier alpha value is -3.61. The Morgan fingerprint density at radius 2 is 1.79 bits per heavy atom. The molecule has 2 N–H and O–H groups in total. The quantitative estimate of drug-likeness (QED) is 0.607. The summed E-state index contributed by atoms with van der Waals surface area (Å²) in [6, 6.07) is 17.2. The van der Waals surface area contributed by atoms with Gasteiger partial charge in [0.15, 0.2) is 0 Å². The Labute approximate surface area is 169 Å². The average molecular weight is 389 g/mol. The van der Waals surface area contributed by atoms with Gasteiger partial charge in [-0.1, -0.05) is 6.07 Å². The third-order valence-corrected chi connectivity index (χ3v) is 4.81. The van der Waals surface area contributed by atoms with Crippen molar-refractivity contribution in [1.29, 1.82) is 0 Å². The second kappa shape index (κ2) is 8.60. The maximum Gasteiger partial charge on any atom is 0.337 e. The molecule has 2 aromatic carbocycles. The summed E-state index contributed by atoms with van der Waals surface area (Å²) in [6.45, 7) is 2.26. The number of aromatic nitrogens is 2. The third kappa shape index (κ3) is 4.63. The first-order chi connectivity index (χ1) is 14.2. The highest BCUT2D eigenvalue weighted by atomic mass is 16.5. The molecule has 0 amide bonds. The van der Waals surface area contributed by atoms with E-state index in [0.717, 1.165) is 18.8 Å². The summed E-state index contributed by atoms with van der Waals surface area (Å²) in [5, 5.41) is 6.42. The van der Waals surface area contributed by atoms with E-state index in [1.807, 2.05) is 12.1 Å². The van der Waals surface area contributed by atoms with E-state index in [1.54, 1.807) is 24.4 Å². The summed E-state index contributed by atoms with van der Waals surface area (Å²) in [5.41, 5.74) is 3.39. The van der Waals surface area contributed by atoms with Crippen LogP contribution in [0.25, 0.3) is 0 Å². The van der Waals surface area contributed by atoms with Crippen molar-refractivity contribution in [2.24, 2.45) is 0 Å². The van der Waals surface area contributed by atoms with Crippen molar-refractivity contribution in [2.75, 3.05) is 35.7 Å². The molecule has 3 aromatic rings. The minimum atomic E-state index is -0.387. The van der Waals surface area contributed by atoms with Crippen molar-refractivity contribution in [3.8, 4) is 0 Å². The fourth-order valence-electron chi connectivity index (χ4n) is 3.34. The van der Waals surface area contributed by atoms with Gasteiger partial charge in [0.25, 0.3) is 0 Å². The van der Waals surface area contributed by atoms with Crippen LogP contribution in [-0.2, 0) is 4.74 Å². The molecule has 0 unspecified atom stereocenters. The van der Waals surface area contributed by atoms with Crippen LogP contribution in [0.5, 0.6) is 0 Å². The van der Waals surface area contributed by atoms with Crippen LogP contribution < -0.4 is 15.5 Å². The Balaban J connectivity index is 1.44. The van der Waals surface area contributed by atoms with Crippen LogP contribution in [0.4, 0.5) is 28.8 Å². The summed E-state index contributed by atoms with van der Waals surface area (Å²) in [4.78, 5) is 22.8. The van der Waals surface area contributed by atoms with Crippen LogP contribution in [0.1, 0.15) is 23.2 Å². The highest BCUT2D eigenvalue weighted by molar-refractivity contribution is 5.90. The molecule has 0 radical (unpaired) electrons. The number of nitrogens with one attached hydrogen (secondary N) is 2. The largest absolute Gasteiger partial charge is 0.465 e. The molecule has 1 aliphatic heterocycles. The van der Waals surface area contributed by atoms with Gasteiger partial charge >= 0.3 is 5.97 Å². The predicted octanol–water partition coefficient (Wildman–Crippen LogP) is 4.35.